The Balaban J connectivity index is 1.96. The molecular formula is C21H22BrFN4O3. The van der Waals surface area contributed by atoms with E-state index in [0.29, 0.717) is 18.5 Å². The van der Waals surface area contributed by atoms with Gasteiger partial charge in [-0.25, -0.2) is 4.39 Å². The summed E-state index contributed by atoms with van der Waals surface area (Å²) in [6.07, 6.45) is -0.672. The molecule has 1 saturated heterocycles. The Morgan fingerprint density at radius 2 is 1.63 bits per heavy atom. The second-order valence-corrected chi connectivity index (χ2v) is 7.74. The number of hydrogen-bond acceptors (Lipinski definition) is 4. The molecule has 0 saturated carbocycles. The van der Waals surface area contributed by atoms with E-state index >= 15 is 0 Å². The third-order valence-electron chi connectivity index (χ3n) is 4.73. The molecule has 2 aromatic carbocycles. The van der Waals surface area contributed by atoms with Gasteiger partial charge in [0.1, 0.15) is 5.82 Å². The van der Waals surface area contributed by atoms with Gasteiger partial charge < -0.3 is 20.9 Å². The van der Waals surface area contributed by atoms with Gasteiger partial charge in [0, 0.05) is 41.8 Å². The fourth-order valence-electron chi connectivity index (χ4n) is 3.39. The van der Waals surface area contributed by atoms with Crippen LogP contribution in [0.25, 0.3) is 0 Å². The normalized spacial score (nSPS) is 16.3. The zero-order chi connectivity index (χ0) is 21.7. The Bertz CT molecular complexity index is 890. The fraction of sp³-hybridized carbons (Fsp3) is 0.286. The molecule has 0 bridgehead atoms. The van der Waals surface area contributed by atoms with E-state index in [1.807, 2.05) is 0 Å². The summed E-state index contributed by atoms with van der Waals surface area (Å²) < 4.78 is 14.4. The molecule has 0 aromatic heterocycles. The minimum absolute atomic E-state index is 0.114. The SMILES string of the molecule is NCCNC(=O)C1N(C(=O)c2cccc(F)c2)CCCN1C(=O)c1cccc(Br)c1. The van der Waals surface area contributed by atoms with E-state index in [9.17, 15) is 18.8 Å². The van der Waals surface area contributed by atoms with Crippen molar-refractivity contribution in [3.05, 3.63) is 69.9 Å². The van der Waals surface area contributed by atoms with Gasteiger partial charge in [0.15, 0.2) is 6.17 Å². The van der Waals surface area contributed by atoms with Crippen LogP contribution in [-0.4, -0.2) is 59.9 Å². The smallest absolute Gasteiger partial charge is 0.263 e. The molecular weight excluding hydrogens is 455 g/mol. The van der Waals surface area contributed by atoms with Gasteiger partial charge in [-0.2, -0.15) is 0 Å². The summed E-state index contributed by atoms with van der Waals surface area (Å²) in [5, 5.41) is 2.66. The lowest BCUT2D eigenvalue weighted by molar-refractivity contribution is -0.132. The van der Waals surface area contributed by atoms with Gasteiger partial charge in [-0.3, -0.25) is 14.4 Å². The number of amides is 3. The van der Waals surface area contributed by atoms with Crippen LogP contribution in [0.2, 0.25) is 0 Å². The topological polar surface area (TPSA) is 95.7 Å². The number of carbonyl (C=O) groups is 3. The van der Waals surface area contributed by atoms with Gasteiger partial charge in [0.25, 0.3) is 17.7 Å². The number of nitrogens with zero attached hydrogens (tertiary/aromatic N) is 2. The van der Waals surface area contributed by atoms with Crippen molar-refractivity contribution in [2.75, 3.05) is 26.2 Å². The molecule has 0 aliphatic carbocycles. The summed E-state index contributed by atoms with van der Waals surface area (Å²) in [5.41, 5.74) is 5.99. The van der Waals surface area contributed by atoms with Crippen LogP contribution in [-0.2, 0) is 4.79 Å². The van der Waals surface area contributed by atoms with Crippen LogP contribution >= 0.6 is 15.9 Å². The second kappa shape index (κ2) is 9.82. The summed E-state index contributed by atoms with van der Waals surface area (Å²) >= 11 is 3.34. The number of nitrogens with two attached hydrogens (primary N) is 1. The van der Waals surface area contributed by atoms with Crippen molar-refractivity contribution >= 4 is 33.7 Å². The maximum Gasteiger partial charge on any atom is 0.263 e. The summed E-state index contributed by atoms with van der Waals surface area (Å²) in [6.45, 7) is 0.990. The molecule has 1 heterocycles. The van der Waals surface area contributed by atoms with Crippen molar-refractivity contribution in [2.45, 2.75) is 12.6 Å². The van der Waals surface area contributed by atoms with Gasteiger partial charge >= 0.3 is 0 Å². The lowest BCUT2D eigenvalue weighted by Crippen LogP contribution is -2.63. The lowest BCUT2D eigenvalue weighted by Gasteiger charge is -2.42. The van der Waals surface area contributed by atoms with Gasteiger partial charge in [0.2, 0.25) is 0 Å². The number of nitrogens with one attached hydrogen (secondary N) is 1. The molecule has 9 heteroatoms. The van der Waals surface area contributed by atoms with Gasteiger partial charge in [0.05, 0.1) is 0 Å². The molecule has 2 aromatic rings. The van der Waals surface area contributed by atoms with E-state index in [0.717, 1.165) is 10.5 Å². The molecule has 0 radical (unpaired) electrons. The molecule has 30 heavy (non-hydrogen) atoms. The summed E-state index contributed by atoms with van der Waals surface area (Å²) in [5.74, 6) is -1.95. The predicted octanol–water partition coefficient (Wildman–Crippen LogP) is 1.98. The van der Waals surface area contributed by atoms with E-state index in [1.165, 1.54) is 28.0 Å². The van der Waals surface area contributed by atoms with Crippen LogP contribution in [0.5, 0.6) is 0 Å². The van der Waals surface area contributed by atoms with Crippen LogP contribution in [0, 0.1) is 5.82 Å². The van der Waals surface area contributed by atoms with Gasteiger partial charge in [-0.1, -0.05) is 28.1 Å². The Labute approximate surface area is 182 Å². The third kappa shape index (κ3) is 4.85. The summed E-state index contributed by atoms with van der Waals surface area (Å²) in [6, 6.07) is 12.1. The minimum Gasteiger partial charge on any atom is -0.351 e. The zero-order valence-corrected chi connectivity index (χ0v) is 17.8. The van der Waals surface area contributed by atoms with Crippen molar-refractivity contribution in [1.29, 1.82) is 0 Å². The first kappa shape index (κ1) is 21.9. The van der Waals surface area contributed by atoms with Crippen LogP contribution in [0.4, 0.5) is 4.39 Å². The second-order valence-electron chi connectivity index (χ2n) is 6.82. The first-order chi connectivity index (χ1) is 14.4. The van der Waals surface area contributed by atoms with Crippen molar-refractivity contribution < 1.29 is 18.8 Å². The first-order valence-corrected chi connectivity index (χ1v) is 10.3. The van der Waals surface area contributed by atoms with Crippen LogP contribution in [0.15, 0.2) is 53.0 Å². The number of rotatable bonds is 5. The highest BCUT2D eigenvalue weighted by atomic mass is 79.9. The molecule has 3 rings (SSSR count). The van der Waals surface area contributed by atoms with Crippen molar-refractivity contribution in [3.8, 4) is 0 Å². The minimum atomic E-state index is -1.16. The Morgan fingerprint density at radius 3 is 2.20 bits per heavy atom. The highest BCUT2D eigenvalue weighted by molar-refractivity contribution is 9.10. The average Bonchev–Trinajstić information content (AvgIpc) is 2.76. The molecule has 3 amide bonds. The van der Waals surface area contributed by atoms with Crippen molar-refractivity contribution in [3.63, 3.8) is 0 Å². The van der Waals surface area contributed by atoms with Crippen LogP contribution in [0.3, 0.4) is 0 Å². The number of halogens is 2. The van der Waals surface area contributed by atoms with E-state index in [4.69, 9.17) is 5.73 Å². The van der Waals surface area contributed by atoms with Crippen LogP contribution in [0.1, 0.15) is 27.1 Å². The maximum absolute atomic E-state index is 13.6. The average molecular weight is 477 g/mol. The highest BCUT2D eigenvalue weighted by Gasteiger charge is 2.40. The van der Waals surface area contributed by atoms with Crippen molar-refractivity contribution in [1.82, 2.24) is 15.1 Å². The zero-order valence-electron chi connectivity index (χ0n) is 16.2. The lowest BCUT2D eigenvalue weighted by atomic mass is 10.1. The largest absolute Gasteiger partial charge is 0.351 e. The number of carbonyl (C=O) groups excluding carboxylic acids is 3. The molecule has 1 aliphatic rings. The van der Waals surface area contributed by atoms with E-state index in [2.05, 4.69) is 21.2 Å². The van der Waals surface area contributed by atoms with Crippen LogP contribution < -0.4 is 11.1 Å². The van der Waals surface area contributed by atoms with Gasteiger partial charge in [-0.15, -0.1) is 0 Å². The fourth-order valence-corrected chi connectivity index (χ4v) is 3.79. The number of hydrogen-bond donors (Lipinski definition) is 2. The van der Waals surface area contributed by atoms with Gasteiger partial charge in [-0.05, 0) is 42.8 Å². The Morgan fingerprint density at radius 1 is 1.03 bits per heavy atom. The summed E-state index contributed by atoms with van der Waals surface area (Å²) in [4.78, 5) is 41.9. The maximum atomic E-state index is 13.6. The molecule has 3 N–H and O–H groups in total. The van der Waals surface area contributed by atoms with E-state index < -0.39 is 23.8 Å². The molecule has 1 fully saturated rings. The van der Waals surface area contributed by atoms with E-state index in [-0.39, 0.29) is 31.1 Å². The predicted molar refractivity (Wildman–Crippen MR) is 113 cm³/mol. The monoisotopic (exact) mass is 476 g/mol. The quantitative estimate of drug-likeness (QED) is 0.689. The standard InChI is InChI=1S/C21H22BrFN4O3/c22-16-6-1-4-14(12-16)20(29)26-10-3-11-27(19(26)18(28)25-9-8-24)21(30)15-5-2-7-17(23)13-15/h1-2,4-7,12-13,19H,3,8-11,24H2,(H,25,28). The van der Waals surface area contributed by atoms with E-state index in [1.54, 1.807) is 24.3 Å². The molecule has 158 valence electrons. The molecule has 7 nitrogen and oxygen atoms in total. The molecule has 1 unspecified atom stereocenters. The first-order valence-electron chi connectivity index (χ1n) is 9.53. The molecule has 1 aliphatic heterocycles. The Hall–Kier alpha value is -2.78. The van der Waals surface area contributed by atoms with Crippen molar-refractivity contribution in [2.24, 2.45) is 5.73 Å². The number of benzene rings is 2. The highest BCUT2D eigenvalue weighted by Crippen LogP contribution is 2.22. The Kier molecular flexibility index (Phi) is 7.17. The molecule has 1 atom stereocenters. The third-order valence-corrected chi connectivity index (χ3v) is 5.22. The molecule has 0 spiro atoms. The summed E-state index contributed by atoms with van der Waals surface area (Å²) in [7, 11) is 0.